The van der Waals surface area contributed by atoms with Crippen LogP contribution in [0, 0.1) is 0 Å². The van der Waals surface area contributed by atoms with E-state index in [-0.39, 0.29) is 12.4 Å². The maximum Gasteiger partial charge on any atom is 0.196 e. The van der Waals surface area contributed by atoms with Gasteiger partial charge in [-0.05, 0) is 19.1 Å². The average molecular weight is 319 g/mol. The number of likely N-dealkylation sites (N-methyl/N-ethyl adjacent to an activating group) is 1. The van der Waals surface area contributed by atoms with Gasteiger partial charge in [0.25, 0.3) is 0 Å². The maximum atomic E-state index is 6.02. The molecular weight excluding hydrogens is 300 g/mol. The van der Waals surface area contributed by atoms with Crippen LogP contribution < -0.4 is 22.2 Å². The van der Waals surface area contributed by atoms with Gasteiger partial charge in [-0.3, -0.25) is 0 Å². The highest BCUT2D eigenvalue weighted by molar-refractivity contribution is 6.05. The molecule has 0 atom stereocenters. The third-order valence-corrected chi connectivity index (χ3v) is 4.41. The van der Waals surface area contributed by atoms with Crippen molar-refractivity contribution in [3.8, 4) is 0 Å². The third-order valence-electron chi connectivity index (χ3n) is 4.41. The summed E-state index contributed by atoms with van der Waals surface area (Å²) in [6, 6.07) is 8.04. The predicted molar refractivity (Wildman–Crippen MR) is 82.8 cm³/mol. The van der Waals surface area contributed by atoms with E-state index >= 15 is 0 Å². The number of hydrogen-bond donors (Lipinski definition) is 1. The number of hydrogen-bond acceptors (Lipinski definition) is 4. The van der Waals surface area contributed by atoms with Crippen LogP contribution >= 0.6 is 0 Å². The first-order valence-corrected chi connectivity index (χ1v) is 7.57. The minimum atomic E-state index is 0. The lowest BCUT2D eigenvalue weighted by Crippen LogP contribution is -3.14. The highest BCUT2D eigenvalue weighted by Crippen LogP contribution is 2.31. The molecule has 0 aliphatic carbocycles. The molecular formula is C16H19ClN4O. The Hall–Kier alpha value is -1.85. The first kappa shape index (κ1) is 15.1. The summed E-state index contributed by atoms with van der Waals surface area (Å²) < 4.78 is 6.02. The quantitative estimate of drug-likeness (QED) is 0.600. The van der Waals surface area contributed by atoms with Gasteiger partial charge >= 0.3 is 0 Å². The lowest BCUT2D eigenvalue weighted by atomic mass is 10.2. The number of aromatic nitrogens is 2. The van der Waals surface area contributed by atoms with E-state index in [0.717, 1.165) is 54.1 Å². The van der Waals surface area contributed by atoms with E-state index in [2.05, 4.69) is 27.9 Å². The van der Waals surface area contributed by atoms with Crippen LogP contribution in [-0.2, 0) is 0 Å². The van der Waals surface area contributed by atoms with Crippen molar-refractivity contribution in [3.63, 3.8) is 0 Å². The SMILES string of the molecule is CC[NH+]1CCN(c2ncnc3c2oc2ccccc23)CC1.[Cl-]. The molecule has 5 nitrogen and oxygen atoms in total. The standard InChI is InChI=1S/C16H18N4O.ClH/c1-2-19-7-9-20(10-8-19)16-15-14(17-11-18-16)12-5-3-4-6-13(12)21-15;/h3-6,11H,2,7-10H2,1H3;1H. The molecule has 3 aromatic rings. The van der Waals surface area contributed by atoms with Crippen molar-refractivity contribution < 1.29 is 21.7 Å². The second-order valence-corrected chi connectivity index (χ2v) is 5.56. The van der Waals surface area contributed by atoms with Crippen molar-refractivity contribution in [1.29, 1.82) is 0 Å². The summed E-state index contributed by atoms with van der Waals surface area (Å²) in [7, 11) is 0. The Kier molecular flexibility index (Phi) is 4.18. The van der Waals surface area contributed by atoms with Crippen molar-refractivity contribution in [3.05, 3.63) is 30.6 Å². The van der Waals surface area contributed by atoms with Crippen molar-refractivity contribution in [2.45, 2.75) is 6.92 Å². The number of nitrogens with zero attached hydrogens (tertiary/aromatic N) is 3. The molecule has 3 heterocycles. The van der Waals surface area contributed by atoms with Crippen molar-refractivity contribution in [1.82, 2.24) is 9.97 Å². The molecule has 22 heavy (non-hydrogen) atoms. The monoisotopic (exact) mass is 318 g/mol. The van der Waals surface area contributed by atoms with E-state index in [4.69, 9.17) is 4.42 Å². The van der Waals surface area contributed by atoms with Gasteiger partial charge in [-0.1, -0.05) is 12.1 Å². The fourth-order valence-electron chi connectivity index (χ4n) is 3.13. The van der Waals surface area contributed by atoms with E-state index in [1.54, 1.807) is 11.2 Å². The zero-order valence-corrected chi connectivity index (χ0v) is 13.3. The van der Waals surface area contributed by atoms with Crippen molar-refractivity contribution >= 4 is 27.9 Å². The second kappa shape index (κ2) is 6.10. The molecule has 6 heteroatoms. The van der Waals surface area contributed by atoms with Gasteiger partial charge in [-0.15, -0.1) is 0 Å². The van der Waals surface area contributed by atoms with Gasteiger partial charge in [0.2, 0.25) is 0 Å². The van der Waals surface area contributed by atoms with E-state index in [0.29, 0.717) is 0 Å². The lowest BCUT2D eigenvalue weighted by molar-refractivity contribution is -0.898. The molecule has 0 saturated carbocycles. The number of benzene rings is 1. The Morgan fingerprint density at radius 3 is 2.73 bits per heavy atom. The van der Waals surface area contributed by atoms with Gasteiger partial charge in [0, 0.05) is 5.39 Å². The summed E-state index contributed by atoms with van der Waals surface area (Å²) >= 11 is 0. The maximum absolute atomic E-state index is 6.02. The highest BCUT2D eigenvalue weighted by atomic mass is 35.5. The molecule has 0 unspecified atom stereocenters. The molecule has 1 fully saturated rings. The Labute approximate surface area is 135 Å². The van der Waals surface area contributed by atoms with E-state index < -0.39 is 0 Å². The van der Waals surface area contributed by atoms with Gasteiger partial charge < -0.3 is 26.6 Å². The Morgan fingerprint density at radius 1 is 1.18 bits per heavy atom. The van der Waals surface area contributed by atoms with Crippen LogP contribution in [0.1, 0.15) is 6.92 Å². The van der Waals surface area contributed by atoms with E-state index in [1.165, 1.54) is 6.54 Å². The van der Waals surface area contributed by atoms with Crippen molar-refractivity contribution in [2.75, 3.05) is 37.6 Å². The molecule has 0 radical (unpaired) electrons. The van der Waals surface area contributed by atoms with Gasteiger partial charge in [0.15, 0.2) is 11.4 Å². The zero-order chi connectivity index (χ0) is 14.2. The molecule has 4 rings (SSSR count). The minimum Gasteiger partial charge on any atom is -1.00 e. The molecule has 2 aromatic heterocycles. The van der Waals surface area contributed by atoms with Gasteiger partial charge in [-0.2, -0.15) is 0 Å². The van der Waals surface area contributed by atoms with Crippen LogP contribution in [0.4, 0.5) is 5.82 Å². The van der Waals surface area contributed by atoms with Crippen LogP contribution in [0.2, 0.25) is 0 Å². The number of fused-ring (bicyclic) bond motifs is 3. The third kappa shape index (κ3) is 2.40. The number of piperazine rings is 1. The fourth-order valence-corrected chi connectivity index (χ4v) is 3.13. The first-order valence-electron chi connectivity index (χ1n) is 7.57. The number of furan rings is 1. The fraction of sp³-hybridized carbons (Fsp3) is 0.375. The van der Waals surface area contributed by atoms with Crippen LogP contribution in [-0.4, -0.2) is 42.7 Å². The lowest BCUT2D eigenvalue weighted by Gasteiger charge is -2.32. The van der Waals surface area contributed by atoms with Crippen LogP contribution in [0.5, 0.6) is 0 Å². The number of halogens is 1. The number of rotatable bonds is 2. The Balaban J connectivity index is 0.00000144. The number of nitrogens with one attached hydrogen (secondary N) is 1. The molecule has 0 amide bonds. The Bertz CT molecular complexity index is 780. The molecule has 0 spiro atoms. The number of anilines is 1. The predicted octanol–water partition coefficient (Wildman–Crippen LogP) is -1.90. The molecule has 1 aliphatic heterocycles. The van der Waals surface area contributed by atoms with Crippen molar-refractivity contribution in [2.24, 2.45) is 0 Å². The molecule has 0 bridgehead atoms. The largest absolute Gasteiger partial charge is 1.00 e. The van der Waals surface area contributed by atoms with E-state index in [9.17, 15) is 0 Å². The zero-order valence-electron chi connectivity index (χ0n) is 12.6. The molecule has 1 aliphatic rings. The molecule has 1 N–H and O–H groups in total. The van der Waals surface area contributed by atoms with Crippen LogP contribution in [0.25, 0.3) is 22.1 Å². The van der Waals surface area contributed by atoms with Gasteiger partial charge in [0.1, 0.15) is 17.4 Å². The van der Waals surface area contributed by atoms with Crippen LogP contribution in [0.3, 0.4) is 0 Å². The van der Waals surface area contributed by atoms with E-state index in [1.807, 2.05) is 18.2 Å². The number of quaternary nitrogens is 1. The summed E-state index contributed by atoms with van der Waals surface area (Å²) in [6.07, 6.45) is 1.65. The average Bonchev–Trinajstić information content (AvgIpc) is 2.94. The van der Waals surface area contributed by atoms with Gasteiger partial charge in [0.05, 0.1) is 32.7 Å². The molecule has 1 aromatic carbocycles. The first-order chi connectivity index (χ1) is 10.4. The van der Waals surface area contributed by atoms with Gasteiger partial charge in [-0.25, -0.2) is 9.97 Å². The normalized spacial score (nSPS) is 16.1. The Morgan fingerprint density at radius 2 is 1.95 bits per heavy atom. The minimum absolute atomic E-state index is 0. The summed E-state index contributed by atoms with van der Waals surface area (Å²) in [5.74, 6) is 0.936. The topological polar surface area (TPSA) is 46.6 Å². The number of para-hydroxylation sites is 1. The second-order valence-electron chi connectivity index (χ2n) is 5.56. The summed E-state index contributed by atoms with van der Waals surface area (Å²) in [5.41, 5.74) is 2.62. The summed E-state index contributed by atoms with van der Waals surface area (Å²) in [6.45, 7) is 7.79. The van der Waals surface area contributed by atoms with Crippen LogP contribution in [0.15, 0.2) is 35.0 Å². The molecule has 116 valence electrons. The highest BCUT2D eigenvalue weighted by Gasteiger charge is 2.23. The summed E-state index contributed by atoms with van der Waals surface area (Å²) in [5, 5.41) is 1.06. The summed E-state index contributed by atoms with van der Waals surface area (Å²) in [4.78, 5) is 12.9. The smallest absolute Gasteiger partial charge is 0.196 e. The molecule has 1 saturated heterocycles.